The molecule has 0 unspecified atom stereocenters. The molecule has 1 rings (SSSR count). The molecule has 1 aromatic carbocycles. The van der Waals surface area contributed by atoms with E-state index in [2.05, 4.69) is 13.5 Å². The van der Waals surface area contributed by atoms with Crippen LogP contribution in [-0.2, 0) is 0 Å². The van der Waals surface area contributed by atoms with E-state index in [-0.39, 0.29) is 10.6 Å². The van der Waals surface area contributed by atoms with Gasteiger partial charge in [-0.2, -0.15) is 0 Å². The Bertz CT molecular complexity index is 372. The second-order valence-corrected chi connectivity index (χ2v) is 3.69. The zero-order valence-corrected chi connectivity index (χ0v) is 8.44. The van der Waals surface area contributed by atoms with Gasteiger partial charge in [-0.1, -0.05) is 6.08 Å². The van der Waals surface area contributed by atoms with Crippen LogP contribution in [0.4, 0.5) is 17.6 Å². The molecule has 0 bridgehead atoms. The Morgan fingerprint density at radius 2 is 1.53 bits per heavy atom. The van der Waals surface area contributed by atoms with E-state index in [1.165, 1.54) is 6.08 Å². The van der Waals surface area contributed by atoms with Crippen molar-refractivity contribution in [2.75, 3.05) is 5.75 Å². The maximum atomic E-state index is 13.1. The molecule has 1 radical (unpaired) electrons. The number of benzene rings is 1. The van der Waals surface area contributed by atoms with Crippen molar-refractivity contribution in [3.8, 4) is 0 Å². The first kappa shape index (κ1) is 12.1. The Morgan fingerprint density at radius 1 is 1.00 bits per heavy atom. The van der Waals surface area contributed by atoms with Crippen LogP contribution >= 0.6 is 11.8 Å². The van der Waals surface area contributed by atoms with Gasteiger partial charge in [0.05, 0.1) is 4.90 Å². The molecule has 0 aliphatic carbocycles. The fraction of sp³-hybridized carbons (Fsp3) is 0.100. The van der Waals surface area contributed by atoms with Gasteiger partial charge in [-0.15, -0.1) is 18.3 Å². The lowest BCUT2D eigenvalue weighted by atomic mass is 10.2. The van der Waals surface area contributed by atoms with Gasteiger partial charge in [-0.3, -0.25) is 0 Å². The third-order valence-electron chi connectivity index (χ3n) is 1.66. The first-order chi connectivity index (χ1) is 7.00. The highest BCUT2D eigenvalue weighted by Crippen LogP contribution is 2.31. The van der Waals surface area contributed by atoms with Crippen LogP contribution in [0.1, 0.15) is 5.56 Å². The van der Waals surface area contributed by atoms with Crippen molar-refractivity contribution in [3.63, 3.8) is 0 Å². The molecule has 1 aromatic rings. The largest absolute Gasteiger partial charge is 0.203 e. The molecule has 0 N–H and O–H groups in total. The van der Waals surface area contributed by atoms with E-state index in [9.17, 15) is 17.6 Å². The highest BCUT2D eigenvalue weighted by molar-refractivity contribution is 7.99. The van der Waals surface area contributed by atoms with Crippen LogP contribution in [0.3, 0.4) is 0 Å². The molecule has 81 valence electrons. The fourth-order valence-electron chi connectivity index (χ4n) is 0.950. The standard InChI is InChI=1S/C10H7F4S/c1-3-4-15-10-5(2)6(11)7(12)8(13)9(10)14/h3H,1-2,4H2. The first-order valence-electron chi connectivity index (χ1n) is 3.92. The van der Waals surface area contributed by atoms with Crippen molar-refractivity contribution < 1.29 is 17.6 Å². The average molecular weight is 235 g/mol. The van der Waals surface area contributed by atoms with Gasteiger partial charge >= 0.3 is 0 Å². The van der Waals surface area contributed by atoms with Crippen molar-refractivity contribution >= 4 is 11.8 Å². The summed E-state index contributed by atoms with van der Waals surface area (Å²) in [5.74, 6) is -6.26. The smallest absolute Gasteiger partial charge is 0.198 e. The van der Waals surface area contributed by atoms with E-state index in [1.54, 1.807) is 0 Å². The second-order valence-electron chi connectivity index (χ2n) is 2.66. The van der Waals surface area contributed by atoms with Crippen molar-refractivity contribution in [2.45, 2.75) is 4.90 Å². The van der Waals surface area contributed by atoms with Crippen LogP contribution in [0.2, 0.25) is 0 Å². The van der Waals surface area contributed by atoms with Gasteiger partial charge in [0.2, 0.25) is 0 Å². The summed E-state index contributed by atoms with van der Waals surface area (Å²) in [7, 11) is 0. The Hall–Kier alpha value is -0.970. The second kappa shape index (κ2) is 4.70. The molecule has 5 heteroatoms. The topological polar surface area (TPSA) is 0 Å². The van der Waals surface area contributed by atoms with Crippen molar-refractivity contribution in [1.29, 1.82) is 0 Å². The van der Waals surface area contributed by atoms with Crippen LogP contribution in [0.5, 0.6) is 0 Å². The third-order valence-corrected chi connectivity index (χ3v) is 2.78. The molecular weight excluding hydrogens is 228 g/mol. The molecule has 0 spiro atoms. The summed E-state index contributed by atoms with van der Waals surface area (Å²) in [6, 6.07) is 0. The molecule has 0 atom stereocenters. The highest BCUT2D eigenvalue weighted by Gasteiger charge is 2.22. The monoisotopic (exact) mass is 235 g/mol. The maximum Gasteiger partial charge on any atom is 0.198 e. The zero-order valence-electron chi connectivity index (χ0n) is 7.62. The van der Waals surface area contributed by atoms with E-state index < -0.39 is 28.8 Å². The molecule has 0 aliphatic rings. The fourth-order valence-corrected chi connectivity index (χ4v) is 1.71. The number of halogens is 4. The molecule has 0 saturated heterocycles. The zero-order chi connectivity index (χ0) is 11.6. The molecule has 0 nitrogen and oxygen atoms in total. The average Bonchev–Trinajstić information content (AvgIpc) is 2.24. The van der Waals surface area contributed by atoms with Gasteiger partial charge in [0, 0.05) is 11.3 Å². The molecule has 15 heavy (non-hydrogen) atoms. The van der Waals surface area contributed by atoms with Gasteiger partial charge < -0.3 is 0 Å². The Kier molecular flexibility index (Phi) is 3.79. The predicted molar refractivity (Wildman–Crippen MR) is 51.7 cm³/mol. The molecule has 0 fully saturated rings. The Balaban J connectivity index is 3.31. The maximum absolute atomic E-state index is 13.1. The van der Waals surface area contributed by atoms with Crippen LogP contribution in [0.15, 0.2) is 17.6 Å². The SMILES string of the molecule is [CH2]c1c(F)c(F)c(F)c(F)c1SCC=C. The number of rotatable bonds is 3. The lowest BCUT2D eigenvalue weighted by Crippen LogP contribution is -2.02. The van der Waals surface area contributed by atoms with Gasteiger partial charge in [0.15, 0.2) is 23.3 Å². The molecule has 0 amide bonds. The third kappa shape index (κ3) is 2.17. The number of thioether (sulfide) groups is 1. The minimum atomic E-state index is -1.83. The minimum absolute atomic E-state index is 0.254. The van der Waals surface area contributed by atoms with Crippen LogP contribution < -0.4 is 0 Å². The summed E-state index contributed by atoms with van der Waals surface area (Å²) in [5, 5.41) is 0. The lowest BCUT2D eigenvalue weighted by molar-refractivity contribution is 0.396. The van der Waals surface area contributed by atoms with Crippen LogP contribution in [-0.4, -0.2) is 5.75 Å². The van der Waals surface area contributed by atoms with Crippen molar-refractivity contribution in [3.05, 3.63) is 48.4 Å². The van der Waals surface area contributed by atoms with Gasteiger partial charge in [0.1, 0.15) is 0 Å². The van der Waals surface area contributed by atoms with E-state index in [0.29, 0.717) is 0 Å². The van der Waals surface area contributed by atoms with Crippen molar-refractivity contribution in [2.24, 2.45) is 0 Å². The summed E-state index contributed by atoms with van der Waals surface area (Å²) in [6.45, 7) is 6.53. The van der Waals surface area contributed by atoms with E-state index in [4.69, 9.17) is 0 Å². The Labute approximate surface area is 89.0 Å². The quantitative estimate of drug-likeness (QED) is 0.253. The highest BCUT2D eigenvalue weighted by atomic mass is 32.2. The molecule has 0 saturated carbocycles. The van der Waals surface area contributed by atoms with E-state index >= 15 is 0 Å². The molecule has 0 aliphatic heterocycles. The van der Waals surface area contributed by atoms with Gasteiger partial charge in [0.25, 0.3) is 0 Å². The van der Waals surface area contributed by atoms with E-state index in [1.807, 2.05) is 0 Å². The lowest BCUT2D eigenvalue weighted by Gasteiger charge is -2.08. The molecule has 0 heterocycles. The van der Waals surface area contributed by atoms with Crippen molar-refractivity contribution in [1.82, 2.24) is 0 Å². The van der Waals surface area contributed by atoms with Crippen LogP contribution in [0, 0.1) is 30.2 Å². The Morgan fingerprint density at radius 3 is 2.07 bits per heavy atom. The van der Waals surface area contributed by atoms with Gasteiger partial charge in [-0.25, -0.2) is 17.6 Å². The van der Waals surface area contributed by atoms with Gasteiger partial charge in [-0.05, 0) is 6.92 Å². The van der Waals surface area contributed by atoms with Crippen LogP contribution in [0.25, 0.3) is 0 Å². The molecular formula is C10H7F4S. The summed E-state index contributed by atoms with van der Waals surface area (Å²) in [6.07, 6.45) is 1.43. The summed E-state index contributed by atoms with van der Waals surface area (Å²) < 4.78 is 51.6. The minimum Gasteiger partial charge on any atom is -0.203 e. The van der Waals surface area contributed by atoms with E-state index in [0.717, 1.165) is 11.8 Å². The normalized spacial score (nSPS) is 10.5. The summed E-state index contributed by atoms with van der Waals surface area (Å²) in [5.41, 5.74) is -0.474. The summed E-state index contributed by atoms with van der Waals surface area (Å²) >= 11 is 0.808. The first-order valence-corrected chi connectivity index (χ1v) is 4.90. The molecule has 0 aromatic heterocycles. The predicted octanol–water partition coefficient (Wildman–Crippen LogP) is 3.70. The summed E-state index contributed by atoms with van der Waals surface area (Å²) in [4.78, 5) is -0.327. The number of hydrogen-bond donors (Lipinski definition) is 0. The number of hydrogen-bond acceptors (Lipinski definition) is 1.